The summed E-state index contributed by atoms with van der Waals surface area (Å²) in [4.78, 5) is 6.99. The Morgan fingerprint density at radius 2 is 1.94 bits per heavy atom. The summed E-state index contributed by atoms with van der Waals surface area (Å²) in [6.07, 6.45) is 1.65. The summed E-state index contributed by atoms with van der Waals surface area (Å²) in [5.74, 6) is 0. The number of nitrogens with one attached hydrogen (secondary N) is 1. The number of benzene rings is 1. The van der Waals surface area contributed by atoms with Crippen LogP contribution in [0.15, 0.2) is 36.5 Å². The number of nitrogens with two attached hydrogens (primary N) is 1. The molecule has 0 saturated heterocycles. The molecule has 31 heavy (non-hydrogen) atoms. The molecule has 10 heteroatoms. The van der Waals surface area contributed by atoms with Crippen LogP contribution in [0.25, 0.3) is 22.3 Å². The lowest BCUT2D eigenvalue weighted by Crippen LogP contribution is -2.29. The van der Waals surface area contributed by atoms with Gasteiger partial charge in [0.15, 0.2) is 5.65 Å². The topological polar surface area (TPSA) is 109 Å². The van der Waals surface area contributed by atoms with E-state index in [1.54, 1.807) is 16.9 Å². The van der Waals surface area contributed by atoms with Crippen molar-refractivity contribution in [3.63, 3.8) is 0 Å². The van der Waals surface area contributed by atoms with Crippen LogP contribution >= 0.6 is 0 Å². The summed E-state index contributed by atoms with van der Waals surface area (Å²) in [6.45, 7) is 6.19. The van der Waals surface area contributed by atoms with Gasteiger partial charge in [0.25, 0.3) is 0 Å². The van der Waals surface area contributed by atoms with E-state index in [1.807, 2.05) is 33.0 Å². The lowest BCUT2D eigenvalue weighted by atomic mass is 10.1. The zero-order valence-corrected chi connectivity index (χ0v) is 19.5. The standard InChI is InChI=1S/C21H31N7O2S/c1-15(2)28-21-18(13-23-28)20(25-31(29,30)26(3)4)12-19(24-21)17-8-6-7-16(11-17)14-27(5)10-9-22/h6-8,11-13,15H,9-10,14,22H2,1-5H3,(H,24,25). The van der Waals surface area contributed by atoms with E-state index in [4.69, 9.17) is 10.7 Å². The summed E-state index contributed by atoms with van der Waals surface area (Å²) in [5.41, 5.74) is 9.45. The predicted molar refractivity (Wildman–Crippen MR) is 125 cm³/mol. The maximum Gasteiger partial charge on any atom is 0.301 e. The molecule has 0 aliphatic rings. The highest BCUT2D eigenvalue weighted by Gasteiger charge is 2.19. The van der Waals surface area contributed by atoms with Gasteiger partial charge in [0, 0.05) is 45.3 Å². The first-order chi connectivity index (χ1) is 14.6. The van der Waals surface area contributed by atoms with Gasteiger partial charge >= 0.3 is 10.2 Å². The Morgan fingerprint density at radius 1 is 1.19 bits per heavy atom. The van der Waals surface area contributed by atoms with Gasteiger partial charge in [-0.25, -0.2) is 9.67 Å². The number of hydrogen-bond donors (Lipinski definition) is 2. The molecule has 0 spiro atoms. The van der Waals surface area contributed by atoms with Crippen LogP contribution in [-0.2, 0) is 16.8 Å². The van der Waals surface area contributed by atoms with E-state index >= 15 is 0 Å². The number of fused-ring (bicyclic) bond motifs is 1. The van der Waals surface area contributed by atoms with Crippen LogP contribution in [0.4, 0.5) is 5.69 Å². The molecule has 1 aromatic carbocycles. The lowest BCUT2D eigenvalue weighted by Gasteiger charge is -2.17. The fourth-order valence-corrected chi connectivity index (χ4v) is 3.93. The van der Waals surface area contributed by atoms with Gasteiger partial charge < -0.3 is 10.6 Å². The van der Waals surface area contributed by atoms with Crippen LogP contribution in [0, 0.1) is 0 Å². The largest absolute Gasteiger partial charge is 0.329 e. The summed E-state index contributed by atoms with van der Waals surface area (Å²) in [5, 5.41) is 5.08. The van der Waals surface area contributed by atoms with Gasteiger partial charge in [0.2, 0.25) is 0 Å². The van der Waals surface area contributed by atoms with Gasteiger partial charge in [-0.2, -0.15) is 17.8 Å². The van der Waals surface area contributed by atoms with E-state index < -0.39 is 10.2 Å². The normalized spacial score (nSPS) is 12.4. The Bertz CT molecular complexity index is 1160. The zero-order valence-electron chi connectivity index (χ0n) is 18.7. The Morgan fingerprint density at radius 3 is 2.58 bits per heavy atom. The second-order valence-electron chi connectivity index (χ2n) is 8.09. The molecular formula is C21H31N7O2S. The Hall–Kier alpha value is -2.53. The Labute approximate surface area is 184 Å². The third-order valence-corrected chi connectivity index (χ3v) is 6.40. The first kappa shape index (κ1) is 23.1. The van der Waals surface area contributed by atoms with Crippen molar-refractivity contribution in [1.29, 1.82) is 0 Å². The molecule has 0 radical (unpaired) electrons. The van der Waals surface area contributed by atoms with Crippen molar-refractivity contribution in [2.75, 3.05) is 39.0 Å². The number of aromatic nitrogens is 3. The highest BCUT2D eigenvalue weighted by molar-refractivity contribution is 7.90. The molecule has 0 aliphatic heterocycles. The molecular weight excluding hydrogens is 414 g/mol. The van der Waals surface area contributed by atoms with Crippen molar-refractivity contribution < 1.29 is 8.42 Å². The Balaban J connectivity index is 2.11. The quantitative estimate of drug-likeness (QED) is 0.523. The molecule has 0 saturated carbocycles. The number of anilines is 1. The molecule has 168 valence electrons. The minimum atomic E-state index is -3.68. The molecule has 0 fully saturated rings. The maximum absolute atomic E-state index is 12.5. The zero-order chi connectivity index (χ0) is 22.8. The van der Waals surface area contributed by atoms with Crippen LogP contribution in [0.1, 0.15) is 25.5 Å². The monoisotopic (exact) mass is 445 g/mol. The van der Waals surface area contributed by atoms with Crippen molar-refractivity contribution in [2.45, 2.75) is 26.4 Å². The SMILES string of the molecule is CC(C)n1ncc2c(NS(=O)(=O)N(C)C)cc(-c3cccc(CN(C)CCN)c3)nc21. The van der Waals surface area contributed by atoms with Crippen LogP contribution < -0.4 is 10.5 Å². The first-order valence-electron chi connectivity index (χ1n) is 10.2. The molecule has 3 N–H and O–H groups in total. The van der Waals surface area contributed by atoms with E-state index in [-0.39, 0.29) is 6.04 Å². The minimum absolute atomic E-state index is 0.0785. The summed E-state index contributed by atoms with van der Waals surface area (Å²) >= 11 is 0. The lowest BCUT2D eigenvalue weighted by molar-refractivity contribution is 0.336. The van der Waals surface area contributed by atoms with E-state index in [0.29, 0.717) is 29.0 Å². The van der Waals surface area contributed by atoms with Gasteiger partial charge in [-0.3, -0.25) is 4.72 Å². The molecule has 9 nitrogen and oxygen atoms in total. The van der Waals surface area contributed by atoms with Crippen LogP contribution in [0.3, 0.4) is 0 Å². The number of nitrogens with zero attached hydrogens (tertiary/aromatic N) is 5. The van der Waals surface area contributed by atoms with Gasteiger partial charge in [0.05, 0.1) is 23.0 Å². The van der Waals surface area contributed by atoms with E-state index in [0.717, 1.165) is 28.5 Å². The summed E-state index contributed by atoms with van der Waals surface area (Å²) in [7, 11) is 1.32. The second kappa shape index (κ2) is 9.31. The van der Waals surface area contributed by atoms with Crippen molar-refractivity contribution in [2.24, 2.45) is 5.73 Å². The van der Waals surface area contributed by atoms with Crippen LogP contribution in [0.5, 0.6) is 0 Å². The Kier molecular flexibility index (Phi) is 6.95. The third-order valence-electron chi connectivity index (χ3n) is 4.96. The van der Waals surface area contributed by atoms with Gasteiger partial charge in [-0.05, 0) is 38.6 Å². The summed E-state index contributed by atoms with van der Waals surface area (Å²) in [6, 6.07) is 9.93. The molecule has 0 aliphatic carbocycles. The number of hydrogen-bond acceptors (Lipinski definition) is 6. The van der Waals surface area contributed by atoms with Crippen molar-refractivity contribution in [3.8, 4) is 11.3 Å². The van der Waals surface area contributed by atoms with E-state index in [9.17, 15) is 8.42 Å². The number of likely N-dealkylation sites (N-methyl/N-ethyl adjacent to an activating group) is 1. The highest BCUT2D eigenvalue weighted by atomic mass is 32.2. The predicted octanol–water partition coefficient (Wildman–Crippen LogP) is 2.29. The molecule has 0 bridgehead atoms. The molecule has 0 unspecified atom stereocenters. The van der Waals surface area contributed by atoms with Gasteiger partial charge in [-0.1, -0.05) is 18.2 Å². The van der Waals surface area contributed by atoms with Crippen LogP contribution in [0.2, 0.25) is 0 Å². The molecule has 3 aromatic rings. The van der Waals surface area contributed by atoms with Gasteiger partial charge in [-0.15, -0.1) is 0 Å². The van der Waals surface area contributed by atoms with Crippen LogP contribution in [-0.4, -0.2) is 66.6 Å². The highest BCUT2D eigenvalue weighted by Crippen LogP contribution is 2.30. The van der Waals surface area contributed by atoms with E-state index in [2.05, 4.69) is 26.9 Å². The molecule has 2 heterocycles. The average Bonchev–Trinajstić information content (AvgIpc) is 3.12. The molecule has 0 atom stereocenters. The van der Waals surface area contributed by atoms with Crippen molar-refractivity contribution in [1.82, 2.24) is 24.0 Å². The second-order valence-corrected chi connectivity index (χ2v) is 9.98. The average molecular weight is 446 g/mol. The first-order valence-corrected chi connectivity index (χ1v) is 11.6. The van der Waals surface area contributed by atoms with Crippen molar-refractivity contribution >= 4 is 26.9 Å². The van der Waals surface area contributed by atoms with E-state index in [1.165, 1.54) is 14.1 Å². The molecule has 3 rings (SSSR count). The number of rotatable bonds is 9. The van der Waals surface area contributed by atoms with Crippen molar-refractivity contribution in [3.05, 3.63) is 42.1 Å². The molecule has 2 aromatic heterocycles. The fourth-order valence-electron chi connectivity index (χ4n) is 3.30. The number of pyridine rings is 1. The summed E-state index contributed by atoms with van der Waals surface area (Å²) < 4.78 is 30.6. The third kappa shape index (κ3) is 5.21. The smallest absolute Gasteiger partial charge is 0.301 e. The fraction of sp³-hybridized carbons (Fsp3) is 0.429. The minimum Gasteiger partial charge on any atom is -0.329 e. The molecule has 0 amide bonds. The maximum atomic E-state index is 12.5. The van der Waals surface area contributed by atoms with Gasteiger partial charge in [0.1, 0.15) is 0 Å².